The van der Waals surface area contributed by atoms with Crippen molar-refractivity contribution < 1.29 is 14.3 Å². The highest BCUT2D eigenvalue weighted by Crippen LogP contribution is 2.58. The average Bonchev–Trinajstić information content (AvgIpc) is 3.28. The molecule has 1 spiro atoms. The molecule has 134 valence electrons. The van der Waals surface area contributed by atoms with Crippen LogP contribution >= 0.6 is 12.4 Å². The Kier molecular flexibility index (Phi) is 6.90. The Bertz CT molecular complexity index is 530. The van der Waals surface area contributed by atoms with Crippen molar-refractivity contribution in [3.05, 3.63) is 29.8 Å². The molecule has 3 rings (SSSR count). The summed E-state index contributed by atoms with van der Waals surface area (Å²) < 4.78 is 10.5. The molecule has 1 saturated carbocycles. The van der Waals surface area contributed by atoms with Crippen molar-refractivity contribution in [2.75, 3.05) is 33.4 Å². The van der Waals surface area contributed by atoms with Crippen LogP contribution < -0.4 is 15.4 Å². The third-order valence-electron chi connectivity index (χ3n) is 5.05. The van der Waals surface area contributed by atoms with E-state index in [0.29, 0.717) is 25.2 Å². The molecule has 1 saturated heterocycles. The van der Waals surface area contributed by atoms with Crippen LogP contribution in [0.5, 0.6) is 5.75 Å². The van der Waals surface area contributed by atoms with Gasteiger partial charge in [-0.15, -0.1) is 12.4 Å². The average molecular weight is 355 g/mol. The zero-order valence-electron chi connectivity index (χ0n) is 14.2. The number of methoxy groups -OCH3 is 1. The van der Waals surface area contributed by atoms with E-state index in [1.807, 2.05) is 24.3 Å². The summed E-state index contributed by atoms with van der Waals surface area (Å²) in [5.41, 5.74) is 1.39. The summed E-state index contributed by atoms with van der Waals surface area (Å²) in [4.78, 5) is 12.3. The standard InChI is InChI=1S/C18H26N2O3.ClH/c1-22-10-11-23-15-4-2-14(3-5-15)13-20-17(21)16-12-18(16)6-8-19-9-7-18;/h2-5,16,19H,6-13H2,1H3,(H,20,21);1H. The number of amides is 1. The summed E-state index contributed by atoms with van der Waals surface area (Å²) >= 11 is 0. The number of nitrogens with one attached hydrogen (secondary N) is 2. The molecule has 1 unspecified atom stereocenters. The fourth-order valence-corrected chi connectivity index (χ4v) is 3.45. The maximum atomic E-state index is 12.3. The molecule has 1 amide bonds. The Balaban J connectivity index is 0.00000208. The van der Waals surface area contributed by atoms with E-state index in [-0.39, 0.29) is 24.2 Å². The number of piperidine rings is 1. The predicted molar refractivity (Wildman–Crippen MR) is 95.6 cm³/mol. The van der Waals surface area contributed by atoms with Crippen LogP contribution in [0.3, 0.4) is 0 Å². The van der Waals surface area contributed by atoms with Gasteiger partial charge in [0.1, 0.15) is 12.4 Å². The van der Waals surface area contributed by atoms with Gasteiger partial charge in [-0.3, -0.25) is 4.79 Å². The Morgan fingerprint density at radius 3 is 2.62 bits per heavy atom. The van der Waals surface area contributed by atoms with Gasteiger partial charge in [-0.2, -0.15) is 0 Å². The lowest BCUT2D eigenvalue weighted by Gasteiger charge is -2.23. The molecule has 2 N–H and O–H groups in total. The van der Waals surface area contributed by atoms with Crippen LogP contribution in [0.4, 0.5) is 0 Å². The molecule has 0 radical (unpaired) electrons. The molecule has 6 heteroatoms. The lowest BCUT2D eigenvalue weighted by Crippen LogP contribution is -2.33. The first kappa shape index (κ1) is 19.0. The quantitative estimate of drug-likeness (QED) is 0.736. The number of halogens is 1. The molecule has 24 heavy (non-hydrogen) atoms. The molecule has 5 nitrogen and oxygen atoms in total. The van der Waals surface area contributed by atoms with Crippen molar-refractivity contribution in [3.8, 4) is 5.75 Å². The highest BCUT2D eigenvalue weighted by atomic mass is 35.5. The van der Waals surface area contributed by atoms with Gasteiger partial charge in [-0.25, -0.2) is 0 Å². The van der Waals surface area contributed by atoms with Gasteiger partial charge in [0, 0.05) is 19.6 Å². The van der Waals surface area contributed by atoms with Crippen molar-refractivity contribution in [2.45, 2.75) is 25.8 Å². The monoisotopic (exact) mass is 354 g/mol. The third-order valence-corrected chi connectivity index (χ3v) is 5.05. The van der Waals surface area contributed by atoms with Crippen molar-refractivity contribution in [1.29, 1.82) is 0 Å². The molecule has 1 heterocycles. The smallest absolute Gasteiger partial charge is 0.223 e. The molecule has 1 aliphatic heterocycles. The summed E-state index contributed by atoms with van der Waals surface area (Å²) in [5, 5.41) is 6.45. The number of hydrogen-bond acceptors (Lipinski definition) is 4. The van der Waals surface area contributed by atoms with Crippen molar-refractivity contribution >= 4 is 18.3 Å². The largest absolute Gasteiger partial charge is 0.491 e. The minimum atomic E-state index is 0. The minimum absolute atomic E-state index is 0. The van der Waals surface area contributed by atoms with Gasteiger partial charge < -0.3 is 20.1 Å². The van der Waals surface area contributed by atoms with Gasteiger partial charge in [-0.05, 0) is 55.5 Å². The molecule has 0 aromatic heterocycles. The number of benzene rings is 1. The van der Waals surface area contributed by atoms with E-state index < -0.39 is 0 Å². The Hall–Kier alpha value is -1.30. The summed E-state index contributed by atoms with van der Waals surface area (Å²) in [6.45, 7) is 3.81. The number of rotatable bonds is 7. The van der Waals surface area contributed by atoms with Gasteiger partial charge in [0.05, 0.1) is 6.61 Å². The maximum Gasteiger partial charge on any atom is 0.223 e. The Morgan fingerprint density at radius 2 is 1.96 bits per heavy atom. The summed E-state index contributed by atoms with van der Waals surface area (Å²) in [6.07, 6.45) is 3.34. The van der Waals surface area contributed by atoms with Crippen molar-refractivity contribution in [3.63, 3.8) is 0 Å². The molecule has 2 aliphatic rings. The van der Waals surface area contributed by atoms with Crippen LogP contribution in [0, 0.1) is 11.3 Å². The molecule has 1 aromatic rings. The first-order valence-electron chi connectivity index (χ1n) is 8.43. The normalized spacial score (nSPS) is 21.0. The van der Waals surface area contributed by atoms with Crippen molar-refractivity contribution in [2.24, 2.45) is 11.3 Å². The number of ether oxygens (including phenoxy) is 2. The molecular formula is C18H27ClN2O3. The first-order valence-corrected chi connectivity index (χ1v) is 8.43. The third kappa shape index (κ3) is 4.62. The zero-order chi connectivity index (χ0) is 16.1. The molecule has 1 atom stereocenters. The summed E-state index contributed by atoms with van der Waals surface area (Å²) in [6, 6.07) is 7.86. The van der Waals surface area contributed by atoms with Gasteiger partial charge in [-0.1, -0.05) is 12.1 Å². The summed E-state index contributed by atoms with van der Waals surface area (Å²) in [5.74, 6) is 1.27. The minimum Gasteiger partial charge on any atom is -0.491 e. The van der Waals surface area contributed by atoms with Gasteiger partial charge in [0.15, 0.2) is 0 Å². The van der Waals surface area contributed by atoms with Gasteiger partial charge in [0.25, 0.3) is 0 Å². The van der Waals surface area contributed by atoms with E-state index in [9.17, 15) is 4.79 Å². The van der Waals surface area contributed by atoms with E-state index >= 15 is 0 Å². The zero-order valence-corrected chi connectivity index (χ0v) is 15.0. The number of hydrogen-bond donors (Lipinski definition) is 2. The molecule has 2 fully saturated rings. The van der Waals surface area contributed by atoms with Gasteiger partial charge >= 0.3 is 0 Å². The van der Waals surface area contributed by atoms with Crippen molar-refractivity contribution in [1.82, 2.24) is 10.6 Å². The first-order chi connectivity index (χ1) is 11.2. The lowest BCUT2D eigenvalue weighted by atomic mass is 9.92. The topological polar surface area (TPSA) is 59.6 Å². The van der Waals surface area contributed by atoms with Crippen LogP contribution in [0.2, 0.25) is 0 Å². The second-order valence-corrected chi connectivity index (χ2v) is 6.57. The van der Waals surface area contributed by atoms with Crippen LogP contribution in [0.25, 0.3) is 0 Å². The highest BCUT2D eigenvalue weighted by Gasteiger charge is 2.57. The van der Waals surface area contributed by atoms with E-state index in [4.69, 9.17) is 9.47 Å². The number of carbonyl (C=O) groups is 1. The molecular weight excluding hydrogens is 328 g/mol. The van der Waals surface area contributed by atoms with Crippen LogP contribution in [0.1, 0.15) is 24.8 Å². The van der Waals surface area contributed by atoms with E-state index in [1.54, 1.807) is 7.11 Å². The van der Waals surface area contributed by atoms with E-state index in [2.05, 4.69) is 10.6 Å². The van der Waals surface area contributed by atoms with Crippen LogP contribution in [-0.2, 0) is 16.1 Å². The molecule has 1 aliphatic carbocycles. The predicted octanol–water partition coefficient (Wildman–Crippen LogP) is 2.14. The second kappa shape index (κ2) is 8.70. The second-order valence-electron chi connectivity index (χ2n) is 6.57. The van der Waals surface area contributed by atoms with E-state index in [0.717, 1.165) is 43.7 Å². The van der Waals surface area contributed by atoms with E-state index in [1.165, 1.54) is 0 Å². The fraction of sp³-hybridized carbons (Fsp3) is 0.611. The Labute approximate surface area is 149 Å². The Morgan fingerprint density at radius 1 is 1.25 bits per heavy atom. The van der Waals surface area contributed by atoms with Crippen LogP contribution in [0.15, 0.2) is 24.3 Å². The fourth-order valence-electron chi connectivity index (χ4n) is 3.45. The van der Waals surface area contributed by atoms with Gasteiger partial charge in [0.2, 0.25) is 5.91 Å². The highest BCUT2D eigenvalue weighted by molar-refractivity contribution is 5.85. The summed E-state index contributed by atoms with van der Waals surface area (Å²) in [7, 11) is 1.66. The maximum absolute atomic E-state index is 12.3. The number of carbonyl (C=O) groups excluding carboxylic acids is 1. The SMILES string of the molecule is COCCOc1ccc(CNC(=O)C2CC23CCNCC3)cc1.Cl. The molecule has 1 aromatic carbocycles. The van der Waals surface area contributed by atoms with Crippen LogP contribution in [-0.4, -0.2) is 39.3 Å². The molecule has 0 bridgehead atoms. The lowest BCUT2D eigenvalue weighted by molar-refractivity contribution is -0.123.